The highest BCUT2D eigenvalue weighted by Gasteiger charge is 2.24. The van der Waals surface area contributed by atoms with E-state index in [1.807, 2.05) is 17.0 Å². The van der Waals surface area contributed by atoms with Gasteiger partial charge in [-0.1, -0.05) is 6.07 Å². The summed E-state index contributed by atoms with van der Waals surface area (Å²) in [6, 6.07) is 10.6. The number of esters is 1. The number of fused-ring (bicyclic) bond motifs is 1. The molecule has 0 fully saturated rings. The lowest BCUT2D eigenvalue weighted by molar-refractivity contribution is 0.0601. The van der Waals surface area contributed by atoms with E-state index in [4.69, 9.17) is 14.2 Å². The van der Waals surface area contributed by atoms with Crippen molar-refractivity contribution in [3.8, 4) is 11.6 Å². The molecule has 0 saturated carbocycles. The molecule has 148 valence electrons. The highest BCUT2D eigenvalue weighted by molar-refractivity contribution is 5.90. The van der Waals surface area contributed by atoms with Gasteiger partial charge in [-0.3, -0.25) is 4.90 Å². The minimum absolute atomic E-state index is 0.394. The topological polar surface area (TPSA) is 98.7 Å². The summed E-state index contributed by atoms with van der Waals surface area (Å²) >= 11 is 0. The minimum atomic E-state index is -0.394. The van der Waals surface area contributed by atoms with Crippen LogP contribution in [0.3, 0.4) is 0 Å². The number of ether oxygens (including phenoxy) is 3. The van der Waals surface area contributed by atoms with Crippen molar-refractivity contribution in [1.82, 2.24) is 15.0 Å². The minimum Gasteiger partial charge on any atom is -0.488 e. The quantitative estimate of drug-likeness (QED) is 0.656. The van der Waals surface area contributed by atoms with Crippen LogP contribution in [0.2, 0.25) is 0 Å². The lowest BCUT2D eigenvalue weighted by atomic mass is 10.2. The van der Waals surface area contributed by atoms with Crippen LogP contribution in [0.25, 0.3) is 0 Å². The van der Waals surface area contributed by atoms with Crippen molar-refractivity contribution in [1.29, 1.82) is 0 Å². The van der Waals surface area contributed by atoms with Gasteiger partial charge in [0.15, 0.2) is 11.6 Å². The van der Waals surface area contributed by atoms with E-state index in [2.05, 4.69) is 20.3 Å². The van der Waals surface area contributed by atoms with Gasteiger partial charge in [-0.05, 0) is 18.2 Å². The predicted octanol–water partition coefficient (Wildman–Crippen LogP) is 2.94. The first kappa shape index (κ1) is 18.5. The molecule has 0 saturated heterocycles. The number of methoxy groups -OCH3 is 2. The molecule has 1 N–H and O–H groups in total. The van der Waals surface area contributed by atoms with Gasteiger partial charge in [0, 0.05) is 24.0 Å². The van der Waals surface area contributed by atoms with E-state index < -0.39 is 5.97 Å². The first-order chi connectivity index (χ1) is 14.2. The molecule has 2 aromatic heterocycles. The molecular formula is C20H19N5O4. The predicted molar refractivity (Wildman–Crippen MR) is 106 cm³/mol. The van der Waals surface area contributed by atoms with Crippen LogP contribution in [0.15, 0.2) is 48.8 Å². The summed E-state index contributed by atoms with van der Waals surface area (Å²) in [7, 11) is 2.91. The Balaban J connectivity index is 1.59. The maximum Gasteiger partial charge on any atom is 0.337 e. The Hall–Kier alpha value is -3.88. The molecule has 3 aromatic rings. The number of hydrogen-bond donors (Lipinski definition) is 1. The van der Waals surface area contributed by atoms with Gasteiger partial charge in [-0.25, -0.2) is 14.8 Å². The van der Waals surface area contributed by atoms with Gasteiger partial charge in [0.05, 0.1) is 38.2 Å². The van der Waals surface area contributed by atoms with Crippen LogP contribution in [0.1, 0.15) is 10.4 Å². The molecule has 1 aliphatic rings. The number of aromatic nitrogens is 3. The molecule has 0 atom stereocenters. The number of pyridine rings is 1. The largest absolute Gasteiger partial charge is 0.488 e. The molecule has 1 aliphatic heterocycles. The highest BCUT2D eigenvalue weighted by atomic mass is 16.5. The zero-order valence-electron chi connectivity index (χ0n) is 16.0. The van der Waals surface area contributed by atoms with Gasteiger partial charge in [-0.15, -0.1) is 0 Å². The average Bonchev–Trinajstić information content (AvgIpc) is 2.78. The second-order valence-corrected chi connectivity index (χ2v) is 6.14. The molecule has 0 spiro atoms. The maximum absolute atomic E-state index is 11.7. The number of nitrogens with zero attached hydrogens (tertiary/aromatic N) is 4. The summed E-state index contributed by atoms with van der Waals surface area (Å²) < 4.78 is 15.7. The smallest absolute Gasteiger partial charge is 0.337 e. The van der Waals surface area contributed by atoms with E-state index in [0.29, 0.717) is 42.1 Å². The van der Waals surface area contributed by atoms with Crippen LogP contribution < -0.4 is 19.7 Å². The van der Waals surface area contributed by atoms with Crippen LogP contribution in [-0.2, 0) is 4.74 Å². The molecule has 29 heavy (non-hydrogen) atoms. The molecular weight excluding hydrogens is 374 g/mol. The third-order valence-electron chi connectivity index (χ3n) is 4.30. The maximum atomic E-state index is 11.7. The van der Waals surface area contributed by atoms with Crippen molar-refractivity contribution < 1.29 is 19.0 Å². The van der Waals surface area contributed by atoms with Gasteiger partial charge in [0.2, 0.25) is 11.8 Å². The first-order valence-electron chi connectivity index (χ1n) is 8.91. The molecule has 9 heteroatoms. The fraction of sp³-hybridized carbons (Fsp3) is 0.200. The number of hydrogen-bond acceptors (Lipinski definition) is 9. The monoisotopic (exact) mass is 393 g/mol. The fourth-order valence-electron chi connectivity index (χ4n) is 2.95. The molecule has 0 radical (unpaired) electrons. The summed E-state index contributed by atoms with van der Waals surface area (Å²) in [6.45, 7) is 1.04. The number of rotatable bonds is 5. The average molecular weight is 393 g/mol. The Bertz CT molecular complexity index is 1040. The highest BCUT2D eigenvalue weighted by Crippen LogP contribution is 2.35. The van der Waals surface area contributed by atoms with Crippen molar-refractivity contribution in [2.45, 2.75) is 0 Å². The number of benzene rings is 1. The molecule has 0 aliphatic carbocycles. The van der Waals surface area contributed by atoms with E-state index in [1.54, 1.807) is 43.8 Å². The van der Waals surface area contributed by atoms with E-state index in [9.17, 15) is 4.79 Å². The van der Waals surface area contributed by atoms with Crippen LogP contribution in [-0.4, -0.2) is 48.3 Å². The summed E-state index contributed by atoms with van der Waals surface area (Å²) in [5, 5.41) is 3.23. The lowest BCUT2D eigenvalue weighted by Crippen LogP contribution is -2.30. The Morgan fingerprint density at radius 1 is 1.17 bits per heavy atom. The summed E-state index contributed by atoms with van der Waals surface area (Å²) in [5.41, 5.74) is 1.92. The van der Waals surface area contributed by atoms with Crippen molar-refractivity contribution in [2.75, 3.05) is 37.6 Å². The third-order valence-corrected chi connectivity index (χ3v) is 4.30. The molecule has 9 nitrogen and oxygen atoms in total. The Morgan fingerprint density at radius 2 is 2.07 bits per heavy atom. The van der Waals surface area contributed by atoms with E-state index in [-0.39, 0.29) is 0 Å². The molecule has 3 heterocycles. The standard InChI is InChI=1S/C20H19N5O4/c1-27-17-6-7-21-20(24-17)25-8-9-29-16-11-15(12-22-18(16)25)23-14-5-3-4-13(10-14)19(26)28-2/h3-7,10-12,23H,8-9H2,1-2H3. The van der Waals surface area contributed by atoms with Gasteiger partial charge in [0.1, 0.15) is 6.61 Å². The summed E-state index contributed by atoms with van der Waals surface area (Å²) in [6.07, 6.45) is 3.33. The number of nitrogens with one attached hydrogen (secondary N) is 1. The second-order valence-electron chi connectivity index (χ2n) is 6.14. The molecule has 4 rings (SSSR count). The Labute approximate surface area is 167 Å². The van der Waals surface area contributed by atoms with Crippen LogP contribution in [0.5, 0.6) is 11.6 Å². The molecule has 0 amide bonds. The van der Waals surface area contributed by atoms with E-state index >= 15 is 0 Å². The summed E-state index contributed by atoms with van der Waals surface area (Å²) in [5.74, 6) is 1.81. The zero-order chi connectivity index (χ0) is 20.2. The SMILES string of the molecule is COC(=O)c1cccc(Nc2cnc3c(c2)OCCN3c2nccc(OC)n2)c1. The van der Waals surface area contributed by atoms with Gasteiger partial charge < -0.3 is 19.5 Å². The molecule has 0 bridgehead atoms. The van der Waals surface area contributed by atoms with Gasteiger partial charge in [0.25, 0.3) is 0 Å². The van der Waals surface area contributed by atoms with Crippen LogP contribution in [0, 0.1) is 0 Å². The number of anilines is 4. The fourth-order valence-corrected chi connectivity index (χ4v) is 2.95. The zero-order valence-corrected chi connectivity index (χ0v) is 16.0. The Morgan fingerprint density at radius 3 is 2.90 bits per heavy atom. The van der Waals surface area contributed by atoms with Gasteiger partial charge >= 0.3 is 5.97 Å². The normalized spacial score (nSPS) is 12.6. The first-order valence-corrected chi connectivity index (χ1v) is 8.91. The van der Waals surface area contributed by atoms with E-state index in [1.165, 1.54) is 7.11 Å². The second kappa shape index (κ2) is 8.01. The Kier molecular flexibility index (Phi) is 5.10. The van der Waals surface area contributed by atoms with Gasteiger partial charge in [-0.2, -0.15) is 4.98 Å². The number of carbonyl (C=O) groups is 1. The van der Waals surface area contributed by atoms with Crippen molar-refractivity contribution in [3.05, 3.63) is 54.4 Å². The number of carbonyl (C=O) groups excluding carboxylic acids is 1. The molecule has 0 unspecified atom stereocenters. The van der Waals surface area contributed by atoms with Crippen molar-refractivity contribution >= 4 is 29.1 Å². The van der Waals surface area contributed by atoms with Crippen molar-refractivity contribution in [3.63, 3.8) is 0 Å². The lowest BCUT2D eigenvalue weighted by Gasteiger charge is -2.28. The van der Waals surface area contributed by atoms with E-state index in [0.717, 1.165) is 11.4 Å². The molecule has 1 aromatic carbocycles. The van der Waals surface area contributed by atoms with Crippen LogP contribution >= 0.6 is 0 Å². The van der Waals surface area contributed by atoms with Crippen molar-refractivity contribution in [2.24, 2.45) is 0 Å². The summed E-state index contributed by atoms with van der Waals surface area (Å²) in [4.78, 5) is 26.8. The van der Waals surface area contributed by atoms with Crippen LogP contribution in [0.4, 0.5) is 23.1 Å². The third kappa shape index (κ3) is 3.88.